The van der Waals surface area contributed by atoms with Crippen LogP contribution in [0.2, 0.25) is 0 Å². The SMILES string of the molecule is C1=Cc2cc3cc(-c4ncc[nH]4)c(cc4nc(cc5ccc(cc1n2)[nH]5)C=C4)[nH]3. The van der Waals surface area contributed by atoms with Crippen LogP contribution in [-0.2, 0) is 0 Å². The lowest BCUT2D eigenvalue weighted by Gasteiger charge is -1.92. The first-order valence-corrected chi connectivity index (χ1v) is 9.37. The van der Waals surface area contributed by atoms with E-state index in [1.165, 1.54) is 0 Å². The predicted octanol–water partition coefficient (Wildman–Crippen LogP) is 5.05. The number of nitrogens with zero attached hydrogens (tertiary/aromatic N) is 3. The van der Waals surface area contributed by atoms with Crippen LogP contribution in [0, 0.1) is 0 Å². The number of rotatable bonds is 1. The summed E-state index contributed by atoms with van der Waals surface area (Å²) in [5.41, 5.74) is 8.51. The fraction of sp³-hybridized carbons (Fsp3) is 0. The Labute approximate surface area is 165 Å². The number of hydrogen-bond acceptors (Lipinski definition) is 3. The van der Waals surface area contributed by atoms with Crippen molar-refractivity contribution in [2.75, 3.05) is 0 Å². The van der Waals surface area contributed by atoms with Crippen LogP contribution in [0.5, 0.6) is 0 Å². The van der Waals surface area contributed by atoms with Crippen molar-refractivity contribution in [1.82, 2.24) is 29.9 Å². The summed E-state index contributed by atoms with van der Waals surface area (Å²) in [6, 6.07) is 14.3. The number of H-pyrrole nitrogens is 3. The number of aromatic amines is 3. The molecule has 6 nitrogen and oxygen atoms in total. The summed E-state index contributed by atoms with van der Waals surface area (Å²) in [7, 11) is 0. The van der Waals surface area contributed by atoms with E-state index in [1.54, 1.807) is 6.20 Å². The maximum Gasteiger partial charge on any atom is 0.139 e. The number of fused-ring (bicyclic) bond motifs is 8. The number of nitrogens with one attached hydrogen (secondary N) is 3. The molecule has 2 aliphatic heterocycles. The van der Waals surface area contributed by atoms with Crippen LogP contribution >= 0.6 is 0 Å². The van der Waals surface area contributed by atoms with Crippen LogP contribution < -0.4 is 0 Å². The maximum atomic E-state index is 4.73. The summed E-state index contributed by atoms with van der Waals surface area (Å²) in [6.07, 6.45) is 11.6. The molecule has 0 saturated carbocycles. The lowest BCUT2D eigenvalue weighted by molar-refractivity contribution is 1.31. The van der Waals surface area contributed by atoms with Gasteiger partial charge in [-0.2, -0.15) is 0 Å². The minimum Gasteiger partial charge on any atom is -0.355 e. The van der Waals surface area contributed by atoms with E-state index in [1.807, 2.05) is 66.9 Å². The zero-order valence-corrected chi connectivity index (χ0v) is 15.3. The second-order valence-electron chi connectivity index (χ2n) is 7.03. The zero-order chi connectivity index (χ0) is 19.2. The third-order valence-corrected chi connectivity index (χ3v) is 4.92. The van der Waals surface area contributed by atoms with Gasteiger partial charge in [0, 0.05) is 34.5 Å². The van der Waals surface area contributed by atoms with Gasteiger partial charge in [-0.3, -0.25) is 0 Å². The molecule has 8 bridgehead atoms. The zero-order valence-electron chi connectivity index (χ0n) is 15.3. The highest BCUT2D eigenvalue weighted by molar-refractivity contribution is 5.85. The average molecular weight is 376 g/mol. The van der Waals surface area contributed by atoms with E-state index in [-0.39, 0.29) is 0 Å². The van der Waals surface area contributed by atoms with E-state index in [2.05, 4.69) is 26.0 Å². The Balaban J connectivity index is 1.69. The van der Waals surface area contributed by atoms with Crippen molar-refractivity contribution in [3.63, 3.8) is 0 Å². The van der Waals surface area contributed by atoms with E-state index >= 15 is 0 Å². The van der Waals surface area contributed by atoms with E-state index in [4.69, 9.17) is 9.97 Å². The highest BCUT2D eigenvalue weighted by atomic mass is 14.9. The second kappa shape index (κ2) is 6.17. The molecule has 138 valence electrons. The molecule has 0 saturated heterocycles. The molecule has 6 rings (SSSR count). The average Bonchev–Trinajstić information content (AvgIpc) is 3.50. The van der Waals surface area contributed by atoms with Gasteiger partial charge in [-0.25, -0.2) is 15.0 Å². The van der Waals surface area contributed by atoms with E-state index in [9.17, 15) is 0 Å². The Morgan fingerprint density at radius 1 is 0.621 bits per heavy atom. The molecular weight excluding hydrogens is 360 g/mol. The predicted molar refractivity (Wildman–Crippen MR) is 116 cm³/mol. The molecule has 29 heavy (non-hydrogen) atoms. The van der Waals surface area contributed by atoms with Gasteiger partial charge in [-0.15, -0.1) is 0 Å². The highest BCUT2D eigenvalue weighted by Crippen LogP contribution is 2.25. The van der Waals surface area contributed by atoms with Crippen molar-refractivity contribution in [2.45, 2.75) is 0 Å². The van der Waals surface area contributed by atoms with Crippen molar-refractivity contribution >= 4 is 46.4 Å². The van der Waals surface area contributed by atoms with Crippen molar-refractivity contribution in [2.24, 2.45) is 0 Å². The summed E-state index contributed by atoms with van der Waals surface area (Å²) >= 11 is 0. The number of imidazole rings is 1. The summed E-state index contributed by atoms with van der Waals surface area (Å²) < 4.78 is 0. The van der Waals surface area contributed by atoms with Gasteiger partial charge in [-0.05, 0) is 66.8 Å². The van der Waals surface area contributed by atoms with Gasteiger partial charge in [0.1, 0.15) is 5.82 Å². The monoisotopic (exact) mass is 376 g/mol. The third-order valence-electron chi connectivity index (χ3n) is 4.92. The quantitative estimate of drug-likeness (QED) is 0.375. The Morgan fingerprint density at radius 3 is 1.86 bits per heavy atom. The molecule has 0 unspecified atom stereocenters. The van der Waals surface area contributed by atoms with Crippen LogP contribution in [0.25, 0.3) is 57.8 Å². The van der Waals surface area contributed by atoms with Gasteiger partial charge < -0.3 is 15.0 Å². The molecule has 4 aromatic rings. The van der Waals surface area contributed by atoms with Crippen LogP contribution in [0.4, 0.5) is 0 Å². The van der Waals surface area contributed by atoms with Crippen LogP contribution in [-0.4, -0.2) is 29.9 Å². The molecule has 0 amide bonds. The molecular formula is C23H16N6. The molecule has 0 aliphatic carbocycles. The highest BCUT2D eigenvalue weighted by Gasteiger charge is 2.08. The van der Waals surface area contributed by atoms with Crippen molar-refractivity contribution < 1.29 is 0 Å². The second-order valence-corrected chi connectivity index (χ2v) is 7.03. The van der Waals surface area contributed by atoms with Gasteiger partial charge in [0.15, 0.2) is 0 Å². The van der Waals surface area contributed by atoms with Gasteiger partial charge in [0.25, 0.3) is 0 Å². The van der Waals surface area contributed by atoms with Gasteiger partial charge in [0.05, 0.1) is 28.3 Å². The van der Waals surface area contributed by atoms with Gasteiger partial charge >= 0.3 is 0 Å². The number of aromatic nitrogens is 6. The molecule has 0 radical (unpaired) electrons. The molecule has 3 N–H and O–H groups in total. The molecule has 0 aromatic carbocycles. The van der Waals surface area contributed by atoms with E-state index in [0.717, 1.165) is 56.2 Å². The molecule has 2 aliphatic rings. The molecule has 6 heteroatoms. The Bertz CT molecular complexity index is 1450. The Hall–Kier alpha value is -4.19. The summed E-state index contributed by atoms with van der Waals surface area (Å²) in [4.78, 5) is 23.9. The van der Waals surface area contributed by atoms with E-state index < -0.39 is 0 Å². The van der Waals surface area contributed by atoms with Gasteiger partial charge in [-0.1, -0.05) is 0 Å². The Morgan fingerprint density at radius 2 is 1.24 bits per heavy atom. The molecule has 0 atom stereocenters. The molecule has 0 fully saturated rings. The largest absolute Gasteiger partial charge is 0.355 e. The van der Waals surface area contributed by atoms with E-state index in [0.29, 0.717) is 0 Å². The normalized spacial score (nSPS) is 12.6. The maximum absolute atomic E-state index is 4.73. The lowest BCUT2D eigenvalue weighted by atomic mass is 10.2. The van der Waals surface area contributed by atoms with Crippen LogP contribution in [0.1, 0.15) is 22.8 Å². The summed E-state index contributed by atoms with van der Waals surface area (Å²) in [5, 5.41) is 0. The topological polar surface area (TPSA) is 86.0 Å². The van der Waals surface area contributed by atoms with Crippen molar-refractivity contribution in [3.05, 3.63) is 77.6 Å². The van der Waals surface area contributed by atoms with Crippen LogP contribution in [0.3, 0.4) is 0 Å². The first-order chi connectivity index (χ1) is 14.3. The summed E-state index contributed by atoms with van der Waals surface area (Å²) in [6.45, 7) is 0. The minimum atomic E-state index is 0.812. The standard InChI is InChI=1S/C23H16N6/c1-2-15-10-17-5-6-19(28-17)13-22-21(23-24-7-8-25-23)12-20(29-22)11-18-4-3-16(27-18)9-14(1)26-15/h1-13,26,29H,(H,24,25). The van der Waals surface area contributed by atoms with Crippen molar-refractivity contribution in [3.8, 4) is 11.4 Å². The smallest absolute Gasteiger partial charge is 0.139 e. The first kappa shape index (κ1) is 15.8. The lowest BCUT2D eigenvalue weighted by Crippen LogP contribution is -1.78. The van der Waals surface area contributed by atoms with Gasteiger partial charge in [0.2, 0.25) is 0 Å². The molecule has 6 heterocycles. The van der Waals surface area contributed by atoms with Crippen molar-refractivity contribution in [1.29, 1.82) is 0 Å². The fourth-order valence-corrected chi connectivity index (χ4v) is 3.63. The summed E-state index contributed by atoms with van der Waals surface area (Å²) in [5.74, 6) is 0.812. The fourth-order valence-electron chi connectivity index (χ4n) is 3.63. The molecule has 4 aromatic heterocycles. The minimum absolute atomic E-state index is 0.812. The van der Waals surface area contributed by atoms with Crippen LogP contribution in [0.15, 0.2) is 54.9 Å². The Kier molecular flexibility index (Phi) is 3.37. The first-order valence-electron chi connectivity index (χ1n) is 9.37. The molecule has 0 spiro atoms. The number of hydrogen-bond donors (Lipinski definition) is 3. The third kappa shape index (κ3) is 2.96.